The van der Waals surface area contributed by atoms with Crippen molar-refractivity contribution in [3.05, 3.63) is 16.1 Å². The first kappa shape index (κ1) is 13.5. The zero-order chi connectivity index (χ0) is 13.6. The van der Waals surface area contributed by atoms with E-state index in [0.29, 0.717) is 6.54 Å². The molecule has 3 atom stereocenters. The minimum absolute atomic E-state index is 0.127. The first-order valence-electron chi connectivity index (χ1n) is 6.56. The largest absolute Gasteiger partial charge is 0.326 e. The Labute approximate surface area is 117 Å². The van der Waals surface area contributed by atoms with E-state index in [1.807, 2.05) is 6.92 Å². The van der Waals surface area contributed by atoms with Crippen molar-refractivity contribution in [1.29, 1.82) is 0 Å². The van der Waals surface area contributed by atoms with Crippen LogP contribution in [0.15, 0.2) is 5.38 Å². The molecule has 2 aliphatic rings. The van der Waals surface area contributed by atoms with E-state index in [9.17, 15) is 8.42 Å². The van der Waals surface area contributed by atoms with Gasteiger partial charge >= 0.3 is 0 Å². The number of sulfone groups is 1. The monoisotopic (exact) mass is 301 g/mol. The Morgan fingerprint density at radius 1 is 1.53 bits per heavy atom. The molecule has 0 radical (unpaired) electrons. The lowest BCUT2D eigenvalue weighted by molar-refractivity contribution is 0.318. The number of nitrogens with two attached hydrogens (primary N) is 1. The maximum atomic E-state index is 12.0. The molecule has 0 saturated carbocycles. The molecule has 7 heteroatoms. The maximum Gasteiger partial charge on any atom is 0.156 e. The summed E-state index contributed by atoms with van der Waals surface area (Å²) in [6.45, 7) is 4.33. The van der Waals surface area contributed by atoms with Crippen LogP contribution in [-0.2, 0) is 16.3 Å². The number of aryl methyl sites for hydroxylation is 1. The SMILES string of the molecule is Cc1nc(CCN2C[C@H]3[C@H](N)CS(=O)(=O)[C@H]3C2)cs1. The van der Waals surface area contributed by atoms with Crippen molar-refractivity contribution in [2.24, 2.45) is 11.7 Å². The van der Waals surface area contributed by atoms with E-state index in [0.717, 1.165) is 30.2 Å². The minimum Gasteiger partial charge on any atom is -0.326 e. The van der Waals surface area contributed by atoms with Gasteiger partial charge in [0, 0.05) is 43.4 Å². The Hall–Kier alpha value is -0.500. The van der Waals surface area contributed by atoms with Gasteiger partial charge in [-0.1, -0.05) is 0 Å². The first-order chi connectivity index (χ1) is 8.95. The summed E-state index contributed by atoms with van der Waals surface area (Å²) in [5.74, 6) is 0.295. The third-order valence-electron chi connectivity index (χ3n) is 4.17. The van der Waals surface area contributed by atoms with E-state index in [1.165, 1.54) is 0 Å². The summed E-state index contributed by atoms with van der Waals surface area (Å²) in [7, 11) is -2.97. The number of likely N-dealkylation sites (tertiary alicyclic amines) is 1. The summed E-state index contributed by atoms with van der Waals surface area (Å²) in [5.41, 5.74) is 7.06. The molecule has 0 amide bonds. The molecule has 0 aliphatic carbocycles. The van der Waals surface area contributed by atoms with E-state index in [-0.39, 0.29) is 23.0 Å². The molecule has 2 saturated heterocycles. The topological polar surface area (TPSA) is 76.3 Å². The molecule has 1 aromatic rings. The molecular weight excluding hydrogens is 282 g/mol. The molecule has 3 rings (SSSR count). The second-order valence-corrected chi connectivity index (χ2v) is 8.89. The Kier molecular flexibility index (Phi) is 3.41. The molecule has 2 N–H and O–H groups in total. The van der Waals surface area contributed by atoms with Gasteiger partial charge in [0.15, 0.2) is 9.84 Å². The fourth-order valence-corrected chi connectivity index (χ4v) is 6.10. The van der Waals surface area contributed by atoms with Gasteiger partial charge in [0.25, 0.3) is 0 Å². The lowest BCUT2D eigenvalue weighted by Crippen LogP contribution is -2.33. The average molecular weight is 301 g/mol. The fourth-order valence-electron chi connectivity index (χ4n) is 3.16. The summed E-state index contributed by atoms with van der Waals surface area (Å²) in [6.07, 6.45) is 0.888. The summed E-state index contributed by atoms with van der Waals surface area (Å²) in [6, 6.07) is -0.179. The van der Waals surface area contributed by atoms with E-state index >= 15 is 0 Å². The van der Waals surface area contributed by atoms with Crippen molar-refractivity contribution in [2.75, 3.05) is 25.4 Å². The van der Waals surface area contributed by atoms with E-state index in [2.05, 4.69) is 15.3 Å². The zero-order valence-electron chi connectivity index (χ0n) is 10.9. The van der Waals surface area contributed by atoms with Gasteiger partial charge in [-0.25, -0.2) is 13.4 Å². The van der Waals surface area contributed by atoms with Gasteiger partial charge in [-0.05, 0) is 6.92 Å². The minimum atomic E-state index is -2.97. The first-order valence-corrected chi connectivity index (χ1v) is 9.16. The van der Waals surface area contributed by atoms with Crippen molar-refractivity contribution in [3.63, 3.8) is 0 Å². The molecule has 0 spiro atoms. The lowest BCUT2D eigenvalue weighted by atomic mass is 10.0. The van der Waals surface area contributed by atoms with Crippen LogP contribution in [0.3, 0.4) is 0 Å². The molecule has 2 aliphatic heterocycles. The highest BCUT2D eigenvalue weighted by molar-refractivity contribution is 7.92. The predicted octanol–water partition coefficient (Wildman–Crippen LogP) is 0.0501. The van der Waals surface area contributed by atoms with Gasteiger partial charge in [-0.2, -0.15) is 0 Å². The number of aromatic nitrogens is 1. The van der Waals surface area contributed by atoms with Gasteiger partial charge in [-0.3, -0.25) is 0 Å². The van der Waals surface area contributed by atoms with Crippen molar-refractivity contribution in [1.82, 2.24) is 9.88 Å². The molecule has 0 bridgehead atoms. The van der Waals surface area contributed by atoms with Crippen LogP contribution in [0.1, 0.15) is 10.7 Å². The molecule has 5 nitrogen and oxygen atoms in total. The third kappa shape index (κ3) is 2.56. The standard InChI is InChI=1S/C12H19N3O2S2/c1-8-14-9(6-18-8)2-3-15-4-10-11(13)7-19(16,17)12(10)5-15/h6,10-12H,2-5,7,13H2,1H3/t10-,11+,12-/m0/s1. The van der Waals surface area contributed by atoms with Crippen LogP contribution >= 0.6 is 11.3 Å². The molecule has 0 unspecified atom stereocenters. The number of nitrogens with zero attached hydrogens (tertiary/aromatic N) is 2. The van der Waals surface area contributed by atoms with Gasteiger partial charge < -0.3 is 10.6 Å². The number of hydrogen-bond acceptors (Lipinski definition) is 6. The van der Waals surface area contributed by atoms with Crippen molar-refractivity contribution in [3.8, 4) is 0 Å². The quantitative estimate of drug-likeness (QED) is 0.854. The van der Waals surface area contributed by atoms with Gasteiger partial charge in [0.05, 0.1) is 21.7 Å². The second-order valence-electron chi connectivity index (χ2n) is 5.56. The summed E-state index contributed by atoms with van der Waals surface area (Å²) in [5, 5.41) is 2.92. The number of hydrogen-bond donors (Lipinski definition) is 1. The molecule has 2 fully saturated rings. The zero-order valence-corrected chi connectivity index (χ0v) is 12.6. The van der Waals surface area contributed by atoms with Crippen molar-refractivity contribution >= 4 is 21.2 Å². The van der Waals surface area contributed by atoms with Crippen LogP contribution < -0.4 is 5.73 Å². The Morgan fingerprint density at radius 2 is 2.32 bits per heavy atom. The Balaban J connectivity index is 1.61. The van der Waals surface area contributed by atoms with Gasteiger partial charge in [0.1, 0.15) is 0 Å². The fraction of sp³-hybridized carbons (Fsp3) is 0.750. The Morgan fingerprint density at radius 3 is 2.95 bits per heavy atom. The van der Waals surface area contributed by atoms with Crippen molar-refractivity contribution in [2.45, 2.75) is 24.6 Å². The average Bonchev–Trinajstić information content (AvgIpc) is 2.96. The summed E-state index contributed by atoms with van der Waals surface area (Å²) in [4.78, 5) is 6.66. The van der Waals surface area contributed by atoms with Crippen molar-refractivity contribution < 1.29 is 8.42 Å². The number of thiazole rings is 1. The van der Waals surface area contributed by atoms with Crippen LogP contribution in [0.25, 0.3) is 0 Å². The number of rotatable bonds is 3. The lowest BCUT2D eigenvalue weighted by Gasteiger charge is -2.17. The molecule has 0 aromatic carbocycles. The summed E-state index contributed by atoms with van der Waals surface area (Å²) < 4.78 is 23.9. The molecule has 3 heterocycles. The van der Waals surface area contributed by atoms with Crippen LogP contribution in [0.2, 0.25) is 0 Å². The van der Waals surface area contributed by atoms with Crippen LogP contribution in [0.5, 0.6) is 0 Å². The highest BCUT2D eigenvalue weighted by Crippen LogP contribution is 2.32. The molecule has 106 valence electrons. The highest BCUT2D eigenvalue weighted by Gasteiger charge is 2.50. The van der Waals surface area contributed by atoms with E-state index in [1.54, 1.807) is 11.3 Å². The van der Waals surface area contributed by atoms with E-state index < -0.39 is 9.84 Å². The van der Waals surface area contributed by atoms with E-state index in [4.69, 9.17) is 5.73 Å². The molecule has 19 heavy (non-hydrogen) atoms. The van der Waals surface area contributed by atoms with Gasteiger partial charge in [0.2, 0.25) is 0 Å². The predicted molar refractivity (Wildman–Crippen MR) is 76.0 cm³/mol. The molecule has 1 aromatic heterocycles. The van der Waals surface area contributed by atoms with Crippen LogP contribution in [0.4, 0.5) is 0 Å². The maximum absolute atomic E-state index is 12.0. The summed E-state index contributed by atoms with van der Waals surface area (Å²) >= 11 is 1.66. The third-order valence-corrected chi connectivity index (χ3v) is 7.26. The normalized spacial score (nSPS) is 33.7. The molecular formula is C12H19N3O2S2. The van der Waals surface area contributed by atoms with Crippen LogP contribution in [0, 0.1) is 12.8 Å². The Bertz CT molecular complexity index is 569. The number of fused-ring (bicyclic) bond motifs is 1. The van der Waals surface area contributed by atoms with Gasteiger partial charge in [-0.15, -0.1) is 11.3 Å². The second kappa shape index (κ2) is 4.80. The highest BCUT2D eigenvalue weighted by atomic mass is 32.2. The van der Waals surface area contributed by atoms with Crippen LogP contribution in [-0.4, -0.2) is 55.0 Å². The smallest absolute Gasteiger partial charge is 0.156 e.